The van der Waals surface area contributed by atoms with Crippen LogP contribution in [0.2, 0.25) is 0 Å². The van der Waals surface area contributed by atoms with Crippen LogP contribution in [0.3, 0.4) is 0 Å². The molecule has 18 heavy (non-hydrogen) atoms. The Hall–Kier alpha value is -2.49. The Balaban J connectivity index is 2.14. The summed E-state index contributed by atoms with van der Waals surface area (Å²) in [7, 11) is 0. The van der Waals surface area contributed by atoms with Crippen LogP contribution in [0.5, 0.6) is 17.2 Å². The van der Waals surface area contributed by atoms with Gasteiger partial charge in [-0.25, -0.2) is 4.79 Å². The minimum absolute atomic E-state index is 0.344. The van der Waals surface area contributed by atoms with Crippen molar-refractivity contribution in [2.45, 2.75) is 6.92 Å². The van der Waals surface area contributed by atoms with E-state index in [2.05, 4.69) is 4.89 Å². The van der Waals surface area contributed by atoms with Gasteiger partial charge in [-0.3, -0.25) is 9.78 Å². The first-order valence-electron chi connectivity index (χ1n) is 5.43. The van der Waals surface area contributed by atoms with E-state index in [1.807, 2.05) is 30.3 Å². The molecule has 0 bridgehead atoms. The van der Waals surface area contributed by atoms with Gasteiger partial charge in [0.1, 0.15) is 5.75 Å². The first-order valence-corrected chi connectivity index (χ1v) is 5.43. The van der Waals surface area contributed by atoms with E-state index in [4.69, 9.17) is 9.62 Å². The molecule has 0 aliphatic carbocycles. The summed E-state index contributed by atoms with van der Waals surface area (Å²) in [6.45, 7) is 1.26. The van der Waals surface area contributed by atoms with Crippen molar-refractivity contribution in [1.82, 2.24) is 0 Å². The molecule has 0 saturated carbocycles. The normalized spacial score (nSPS) is 9.61. The summed E-state index contributed by atoms with van der Waals surface area (Å²) < 4.78 is 5.63. The van der Waals surface area contributed by atoms with Crippen molar-refractivity contribution in [2.24, 2.45) is 0 Å². The van der Waals surface area contributed by atoms with Crippen LogP contribution >= 0.6 is 0 Å². The van der Waals surface area contributed by atoms with Crippen molar-refractivity contribution in [3.63, 3.8) is 0 Å². The summed E-state index contributed by atoms with van der Waals surface area (Å²) in [5.41, 5.74) is 0. The van der Waals surface area contributed by atoms with Gasteiger partial charge in [0.15, 0.2) is 5.75 Å². The number of carbonyl (C=O) groups excluding carboxylic acids is 1. The van der Waals surface area contributed by atoms with Gasteiger partial charge in [0.05, 0.1) is 0 Å². The SMILES string of the molecule is CC(=O)OOc1ccccc1Oc1ccccc1. The zero-order valence-electron chi connectivity index (χ0n) is 9.83. The number of hydrogen-bond acceptors (Lipinski definition) is 4. The van der Waals surface area contributed by atoms with E-state index in [0.29, 0.717) is 17.2 Å². The molecule has 92 valence electrons. The van der Waals surface area contributed by atoms with Crippen LogP contribution in [0.15, 0.2) is 54.6 Å². The molecule has 2 rings (SSSR count). The standard InChI is InChI=1S/C14H12O4/c1-11(15)17-18-14-10-6-5-9-13(14)16-12-7-3-2-4-8-12/h2-10H,1H3. The molecule has 0 unspecified atom stereocenters. The highest BCUT2D eigenvalue weighted by atomic mass is 17.2. The van der Waals surface area contributed by atoms with Gasteiger partial charge >= 0.3 is 5.97 Å². The van der Waals surface area contributed by atoms with Crippen molar-refractivity contribution in [3.8, 4) is 17.2 Å². The molecule has 2 aromatic carbocycles. The molecular weight excluding hydrogens is 232 g/mol. The highest BCUT2D eigenvalue weighted by Gasteiger charge is 2.07. The van der Waals surface area contributed by atoms with Crippen LogP contribution in [0.1, 0.15) is 6.92 Å². The smallest absolute Gasteiger partial charge is 0.352 e. The van der Waals surface area contributed by atoms with Crippen LogP contribution in [0.25, 0.3) is 0 Å². The Labute approximate surface area is 105 Å². The van der Waals surface area contributed by atoms with E-state index >= 15 is 0 Å². The summed E-state index contributed by atoms with van der Waals surface area (Å²) in [6, 6.07) is 16.2. The van der Waals surface area contributed by atoms with E-state index in [1.54, 1.807) is 24.3 Å². The van der Waals surface area contributed by atoms with Crippen LogP contribution in [-0.2, 0) is 9.68 Å². The molecule has 0 amide bonds. The molecule has 0 aromatic heterocycles. The third-order valence-corrected chi connectivity index (χ3v) is 2.07. The van der Waals surface area contributed by atoms with Gasteiger partial charge in [0.2, 0.25) is 5.75 Å². The molecule has 0 aliphatic heterocycles. The van der Waals surface area contributed by atoms with E-state index in [1.165, 1.54) is 6.92 Å². The topological polar surface area (TPSA) is 44.8 Å². The lowest BCUT2D eigenvalue weighted by Crippen LogP contribution is -2.03. The van der Waals surface area contributed by atoms with E-state index < -0.39 is 5.97 Å². The van der Waals surface area contributed by atoms with Crippen molar-refractivity contribution >= 4 is 5.97 Å². The average Bonchev–Trinajstić information content (AvgIpc) is 2.39. The lowest BCUT2D eigenvalue weighted by molar-refractivity contribution is -0.211. The summed E-state index contributed by atoms with van der Waals surface area (Å²) in [5, 5.41) is 0. The monoisotopic (exact) mass is 244 g/mol. The molecule has 0 fully saturated rings. The Kier molecular flexibility index (Phi) is 3.81. The quantitative estimate of drug-likeness (QED) is 0.611. The molecule has 0 N–H and O–H groups in total. The van der Waals surface area contributed by atoms with Gasteiger partial charge in [-0.1, -0.05) is 30.3 Å². The van der Waals surface area contributed by atoms with Crippen LogP contribution in [0, 0.1) is 0 Å². The minimum atomic E-state index is -0.524. The fourth-order valence-corrected chi connectivity index (χ4v) is 1.32. The molecule has 0 spiro atoms. The molecular formula is C14H12O4. The number of rotatable bonds is 4. The molecule has 0 heterocycles. The van der Waals surface area contributed by atoms with Gasteiger partial charge < -0.3 is 4.74 Å². The van der Waals surface area contributed by atoms with Gasteiger partial charge in [-0.2, -0.15) is 0 Å². The van der Waals surface area contributed by atoms with Gasteiger partial charge in [-0.15, -0.1) is 0 Å². The lowest BCUT2D eigenvalue weighted by Gasteiger charge is -2.09. The maximum Gasteiger partial charge on any atom is 0.352 e. The summed E-state index contributed by atoms with van der Waals surface area (Å²) in [4.78, 5) is 20.1. The number of para-hydroxylation sites is 3. The third kappa shape index (κ3) is 3.25. The van der Waals surface area contributed by atoms with Crippen LogP contribution < -0.4 is 9.62 Å². The summed E-state index contributed by atoms with van der Waals surface area (Å²) in [6.07, 6.45) is 0. The molecule has 0 saturated heterocycles. The molecule has 0 radical (unpaired) electrons. The van der Waals surface area contributed by atoms with E-state index in [9.17, 15) is 4.79 Å². The van der Waals surface area contributed by atoms with E-state index in [0.717, 1.165) is 0 Å². The Morgan fingerprint density at radius 2 is 1.50 bits per heavy atom. The number of carbonyl (C=O) groups is 1. The fourth-order valence-electron chi connectivity index (χ4n) is 1.32. The first kappa shape index (κ1) is 12.0. The first-order chi connectivity index (χ1) is 8.75. The zero-order valence-corrected chi connectivity index (χ0v) is 9.83. The predicted octanol–water partition coefficient (Wildman–Crippen LogP) is 3.34. The van der Waals surface area contributed by atoms with Gasteiger partial charge in [-0.05, 0) is 24.3 Å². The van der Waals surface area contributed by atoms with Gasteiger partial charge in [0.25, 0.3) is 0 Å². The molecule has 4 heteroatoms. The number of benzene rings is 2. The third-order valence-electron chi connectivity index (χ3n) is 2.07. The Bertz CT molecular complexity index is 522. The molecule has 0 aliphatic rings. The average molecular weight is 244 g/mol. The second-order valence-electron chi connectivity index (χ2n) is 3.52. The Morgan fingerprint density at radius 1 is 0.889 bits per heavy atom. The van der Waals surface area contributed by atoms with Crippen LogP contribution in [0.4, 0.5) is 0 Å². The minimum Gasteiger partial charge on any atom is -0.453 e. The molecule has 0 atom stereocenters. The highest BCUT2D eigenvalue weighted by molar-refractivity contribution is 5.65. The van der Waals surface area contributed by atoms with Crippen molar-refractivity contribution in [2.75, 3.05) is 0 Å². The maximum absolute atomic E-state index is 10.7. The maximum atomic E-state index is 10.7. The predicted molar refractivity (Wildman–Crippen MR) is 65.4 cm³/mol. The van der Waals surface area contributed by atoms with Crippen molar-refractivity contribution in [3.05, 3.63) is 54.6 Å². The number of ether oxygens (including phenoxy) is 1. The van der Waals surface area contributed by atoms with Crippen molar-refractivity contribution < 1.29 is 19.3 Å². The Morgan fingerprint density at radius 3 is 2.17 bits per heavy atom. The largest absolute Gasteiger partial charge is 0.453 e. The molecule has 2 aromatic rings. The summed E-state index contributed by atoms with van der Waals surface area (Å²) in [5.74, 6) is 0.974. The van der Waals surface area contributed by atoms with Gasteiger partial charge in [0, 0.05) is 6.92 Å². The second kappa shape index (κ2) is 5.72. The second-order valence-corrected chi connectivity index (χ2v) is 3.52. The zero-order chi connectivity index (χ0) is 12.8. The molecule has 4 nitrogen and oxygen atoms in total. The fraction of sp³-hybridized carbons (Fsp3) is 0.0714. The van der Waals surface area contributed by atoms with E-state index in [-0.39, 0.29) is 0 Å². The lowest BCUT2D eigenvalue weighted by atomic mass is 10.3. The van der Waals surface area contributed by atoms with Crippen LogP contribution in [-0.4, -0.2) is 5.97 Å². The summed E-state index contributed by atoms with van der Waals surface area (Å²) >= 11 is 0. The van der Waals surface area contributed by atoms with Crippen molar-refractivity contribution in [1.29, 1.82) is 0 Å². The highest BCUT2D eigenvalue weighted by Crippen LogP contribution is 2.31. The number of hydrogen-bond donors (Lipinski definition) is 0.